The molecular weight excluding hydrogens is 336 g/mol. The summed E-state index contributed by atoms with van der Waals surface area (Å²) in [5.74, 6) is 1.08. The maximum absolute atomic E-state index is 13.2. The van der Waals surface area contributed by atoms with Crippen LogP contribution in [0.3, 0.4) is 0 Å². The largest absolute Gasteiger partial charge is 0.294 e. The normalized spacial score (nSPS) is 19.6. The van der Waals surface area contributed by atoms with Crippen LogP contribution < -0.4 is 0 Å². The molecule has 2 unspecified atom stereocenters. The van der Waals surface area contributed by atoms with Crippen LogP contribution in [0.5, 0.6) is 0 Å². The number of hydrogen-bond acceptors (Lipinski definition) is 2. The Bertz CT molecular complexity index is 901. The molecule has 1 nitrogen and oxygen atoms in total. The van der Waals surface area contributed by atoms with Crippen LogP contribution in [-0.4, -0.2) is 11.5 Å². The molecule has 3 aromatic carbocycles. The minimum atomic E-state index is -0.0442. The van der Waals surface area contributed by atoms with Crippen molar-refractivity contribution in [3.05, 3.63) is 114 Å². The van der Waals surface area contributed by atoms with Crippen molar-refractivity contribution in [3.8, 4) is 0 Å². The number of Topliss-reactive ketones (excluding diaryl/α,β-unsaturated/α-hetero) is 1. The van der Waals surface area contributed by atoms with Gasteiger partial charge in [-0.15, -0.1) is 11.8 Å². The summed E-state index contributed by atoms with van der Waals surface area (Å²) in [4.78, 5) is 14.4. The van der Waals surface area contributed by atoms with E-state index in [4.69, 9.17) is 0 Å². The Morgan fingerprint density at radius 1 is 0.769 bits per heavy atom. The number of benzene rings is 3. The lowest BCUT2D eigenvalue weighted by Crippen LogP contribution is -2.26. The summed E-state index contributed by atoms with van der Waals surface area (Å²) >= 11 is 1.79. The average Bonchev–Trinajstić information content (AvgIpc) is 2.75. The molecule has 26 heavy (non-hydrogen) atoms. The van der Waals surface area contributed by atoms with Crippen molar-refractivity contribution in [1.82, 2.24) is 0 Å². The van der Waals surface area contributed by atoms with Crippen LogP contribution in [0.4, 0.5) is 0 Å². The number of carbonyl (C=O) groups is 1. The zero-order chi connectivity index (χ0) is 17.8. The lowest BCUT2D eigenvalue weighted by Gasteiger charge is -2.29. The van der Waals surface area contributed by atoms with Gasteiger partial charge in [-0.05, 0) is 11.1 Å². The predicted octanol–water partition coefficient (Wildman–Crippen LogP) is 6.06. The van der Waals surface area contributed by atoms with Gasteiger partial charge < -0.3 is 0 Å². The van der Waals surface area contributed by atoms with Crippen molar-refractivity contribution in [2.24, 2.45) is 5.92 Å². The Morgan fingerprint density at radius 3 is 2.00 bits per heavy atom. The first kappa shape index (κ1) is 16.9. The molecule has 0 N–H and O–H groups in total. The van der Waals surface area contributed by atoms with Gasteiger partial charge in [0.1, 0.15) is 0 Å². The number of allylic oxidation sites excluding steroid dienone is 1. The maximum atomic E-state index is 13.2. The summed E-state index contributed by atoms with van der Waals surface area (Å²) in [6.07, 6.45) is 2.28. The van der Waals surface area contributed by atoms with Gasteiger partial charge in [-0.25, -0.2) is 0 Å². The molecule has 128 valence electrons. The molecule has 2 heteroatoms. The van der Waals surface area contributed by atoms with Gasteiger partial charge in [0.2, 0.25) is 0 Å². The van der Waals surface area contributed by atoms with Gasteiger partial charge in [-0.3, -0.25) is 4.79 Å². The van der Waals surface area contributed by atoms with Crippen molar-refractivity contribution in [1.29, 1.82) is 0 Å². The molecule has 1 aliphatic rings. The number of ketones is 1. The monoisotopic (exact) mass is 356 g/mol. The Labute approximate surface area is 158 Å². The Hall–Kier alpha value is -2.58. The molecule has 3 aromatic rings. The van der Waals surface area contributed by atoms with Crippen LogP contribution in [-0.2, 0) is 0 Å². The zero-order valence-corrected chi connectivity index (χ0v) is 15.2. The lowest BCUT2D eigenvalue weighted by molar-refractivity contribution is 0.0923. The van der Waals surface area contributed by atoms with Crippen molar-refractivity contribution >= 4 is 22.5 Å². The van der Waals surface area contributed by atoms with Crippen molar-refractivity contribution < 1.29 is 4.79 Å². The van der Waals surface area contributed by atoms with Crippen LogP contribution in [0.15, 0.2) is 97.1 Å². The van der Waals surface area contributed by atoms with E-state index in [2.05, 4.69) is 54.6 Å². The minimum Gasteiger partial charge on any atom is -0.294 e. The van der Waals surface area contributed by atoms with E-state index in [-0.39, 0.29) is 17.6 Å². The number of thioether (sulfide) groups is 1. The fourth-order valence-electron chi connectivity index (χ4n) is 3.45. The highest BCUT2D eigenvalue weighted by atomic mass is 32.2. The lowest BCUT2D eigenvalue weighted by atomic mass is 9.81. The van der Waals surface area contributed by atoms with Gasteiger partial charge in [-0.2, -0.15) is 0 Å². The van der Waals surface area contributed by atoms with Crippen LogP contribution in [0.2, 0.25) is 0 Å². The molecule has 0 spiro atoms. The van der Waals surface area contributed by atoms with E-state index < -0.39 is 0 Å². The first-order valence-corrected chi connectivity index (χ1v) is 9.86. The van der Waals surface area contributed by atoms with E-state index >= 15 is 0 Å². The van der Waals surface area contributed by atoms with Crippen LogP contribution >= 0.6 is 11.8 Å². The number of carbonyl (C=O) groups excluding carboxylic acids is 1. The van der Waals surface area contributed by atoms with Crippen LogP contribution in [0.25, 0.3) is 4.91 Å². The second-order valence-electron chi connectivity index (χ2n) is 6.48. The molecule has 0 saturated heterocycles. The first-order chi connectivity index (χ1) is 12.8. The SMILES string of the molecule is O=C(c1ccccc1)C1CSC(c2ccccc2)=CC1c1ccccc1. The van der Waals surface area contributed by atoms with E-state index in [9.17, 15) is 4.79 Å². The third-order valence-corrected chi connectivity index (χ3v) is 6.03. The van der Waals surface area contributed by atoms with Gasteiger partial charge in [0, 0.05) is 28.1 Å². The quantitative estimate of drug-likeness (QED) is 0.529. The van der Waals surface area contributed by atoms with Crippen LogP contribution in [0.1, 0.15) is 27.4 Å². The molecule has 0 amide bonds. The van der Waals surface area contributed by atoms with E-state index in [0.717, 1.165) is 11.3 Å². The topological polar surface area (TPSA) is 17.1 Å². The van der Waals surface area contributed by atoms with Crippen LogP contribution in [0, 0.1) is 5.92 Å². The van der Waals surface area contributed by atoms with E-state index in [1.54, 1.807) is 11.8 Å². The zero-order valence-electron chi connectivity index (χ0n) is 14.4. The molecule has 0 saturated carbocycles. The Morgan fingerprint density at radius 2 is 1.35 bits per heavy atom. The standard InChI is InChI=1S/C24H20OS/c25-24(20-14-8-3-9-15-20)22-17-26-23(19-12-6-2-7-13-19)16-21(22)18-10-4-1-5-11-18/h1-16,21-22H,17H2. The van der Waals surface area contributed by atoms with E-state index in [0.29, 0.717) is 0 Å². The molecule has 0 fully saturated rings. The average molecular weight is 356 g/mol. The highest BCUT2D eigenvalue weighted by Crippen LogP contribution is 2.43. The number of hydrogen-bond donors (Lipinski definition) is 0. The molecule has 0 radical (unpaired) electrons. The molecule has 1 heterocycles. The second kappa shape index (κ2) is 7.76. The predicted molar refractivity (Wildman–Crippen MR) is 110 cm³/mol. The van der Waals surface area contributed by atoms with E-state index in [1.807, 2.05) is 42.5 Å². The Kier molecular flexibility index (Phi) is 5.03. The summed E-state index contributed by atoms with van der Waals surface area (Å²) < 4.78 is 0. The Balaban J connectivity index is 1.73. The highest BCUT2D eigenvalue weighted by molar-refractivity contribution is 8.08. The molecule has 0 aromatic heterocycles. The molecule has 0 bridgehead atoms. The minimum absolute atomic E-state index is 0.0442. The van der Waals surface area contributed by atoms with Gasteiger partial charge >= 0.3 is 0 Å². The number of rotatable bonds is 4. The molecule has 4 rings (SSSR count). The van der Waals surface area contributed by atoms with Gasteiger partial charge in [0.25, 0.3) is 0 Å². The smallest absolute Gasteiger partial charge is 0.167 e. The first-order valence-electron chi connectivity index (χ1n) is 8.87. The van der Waals surface area contributed by atoms with Crippen molar-refractivity contribution in [3.63, 3.8) is 0 Å². The summed E-state index contributed by atoms with van der Waals surface area (Å²) in [5, 5.41) is 0. The second-order valence-corrected chi connectivity index (χ2v) is 7.54. The van der Waals surface area contributed by atoms with E-state index in [1.165, 1.54) is 16.0 Å². The summed E-state index contributed by atoms with van der Waals surface area (Å²) in [6, 6.07) is 30.5. The fraction of sp³-hybridized carbons (Fsp3) is 0.125. The third kappa shape index (κ3) is 3.51. The molecule has 2 atom stereocenters. The summed E-state index contributed by atoms with van der Waals surface area (Å²) in [5.41, 5.74) is 3.23. The fourth-order valence-corrected chi connectivity index (χ4v) is 4.72. The summed E-state index contributed by atoms with van der Waals surface area (Å²) in [6.45, 7) is 0. The van der Waals surface area contributed by atoms with Gasteiger partial charge in [0.15, 0.2) is 5.78 Å². The molecule has 0 aliphatic carbocycles. The third-order valence-electron chi connectivity index (χ3n) is 4.82. The van der Waals surface area contributed by atoms with Gasteiger partial charge in [0.05, 0.1) is 0 Å². The molecule has 1 aliphatic heterocycles. The van der Waals surface area contributed by atoms with Crippen molar-refractivity contribution in [2.45, 2.75) is 5.92 Å². The van der Waals surface area contributed by atoms with Gasteiger partial charge in [-0.1, -0.05) is 97.1 Å². The highest BCUT2D eigenvalue weighted by Gasteiger charge is 2.32. The maximum Gasteiger partial charge on any atom is 0.167 e. The molecular formula is C24H20OS. The summed E-state index contributed by atoms with van der Waals surface area (Å²) in [7, 11) is 0. The van der Waals surface area contributed by atoms with Crippen molar-refractivity contribution in [2.75, 3.05) is 5.75 Å².